The third-order valence-corrected chi connectivity index (χ3v) is 7.39. The van der Waals surface area contributed by atoms with Crippen LogP contribution >= 0.6 is 23.2 Å². The molecule has 1 aliphatic rings. The summed E-state index contributed by atoms with van der Waals surface area (Å²) in [6.07, 6.45) is 1.59. The lowest BCUT2D eigenvalue weighted by Crippen LogP contribution is -2.53. The fourth-order valence-electron chi connectivity index (χ4n) is 3.16. The lowest BCUT2D eigenvalue weighted by molar-refractivity contribution is -0.121. The first-order chi connectivity index (χ1) is 14.3. The molecule has 0 radical (unpaired) electrons. The van der Waals surface area contributed by atoms with Crippen molar-refractivity contribution in [2.24, 2.45) is 0 Å². The standard InChI is InChI=1S/C21H23Cl2N3O3S/c1-16(21(27)24-19-9-5-8-18(22)20(19)23)25-11-13-26(14-12-25)30(28,29)15-10-17-6-3-2-4-7-17/h2-10,15-16H,11-14H2,1H3,(H,24,27)/b15-10+/t16-/m0/s1. The largest absolute Gasteiger partial charge is 0.323 e. The van der Waals surface area contributed by atoms with Crippen molar-refractivity contribution in [3.05, 3.63) is 69.5 Å². The number of hydrogen-bond donors (Lipinski definition) is 1. The van der Waals surface area contributed by atoms with Gasteiger partial charge in [-0.25, -0.2) is 8.42 Å². The molecule has 0 aliphatic carbocycles. The lowest BCUT2D eigenvalue weighted by atomic mass is 10.2. The van der Waals surface area contributed by atoms with Gasteiger partial charge in [0.05, 0.1) is 21.8 Å². The molecule has 3 rings (SSSR count). The van der Waals surface area contributed by atoms with E-state index in [4.69, 9.17) is 23.2 Å². The lowest BCUT2D eigenvalue weighted by Gasteiger charge is -2.36. The van der Waals surface area contributed by atoms with Crippen LogP contribution in [-0.4, -0.2) is 55.8 Å². The zero-order chi connectivity index (χ0) is 21.7. The molecule has 1 N–H and O–H groups in total. The van der Waals surface area contributed by atoms with Crippen LogP contribution in [0.25, 0.3) is 6.08 Å². The highest BCUT2D eigenvalue weighted by atomic mass is 35.5. The predicted molar refractivity (Wildman–Crippen MR) is 122 cm³/mol. The highest BCUT2D eigenvalue weighted by Crippen LogP contribution is 2.29. The zero-order valence-electron chi connectivity index (χ0n) is 16.5. The van der Waals surface area contributed by atoms with Crippen LogP contribution in [0.4, 0.5) is 5.69 Å². The average molecular weight is 468 g/mol. The van der Waals surface area contributed by atoms with Gasteiger partial charge in [-0.15, -0.1) is 0 Å². The third kappa shape index (κ3) is 5.62. The number of benzene rings is 2. The quantitative estimate of drug-likeness (QED) is 0.698. The number of hydrogen-bond acceptors (Lipinski definition) is 4. The van der Waals surface area contributed by atoms with E-state index in [1.165, 1.54) is 9.71 Å². The smallest absolute Gasteiger partial charge is 0.241 e. The Bertz CT molecular complexity index is 1020. The van der Waals surface area contributed by atoms with Crippen LogP contribution < -0.4 is 5.32 Å². The van der Waals surface area contributed by atoms with Gasteiger partial charge in [-0.3, -0.25) is 9.69 Å². The van der Waals surface area contributed by atoms with Gasteiger partial charge in [0.25, 0.3) is 0 Å². The van der Waals surface area contributed by atoms with Crippen LogP contribution in [0.15, 0.2) is 53.9 Å². The molecule has 1 fully saturated rings. The maximum absolute atomic E-state index is 12.6. The summed E-state index contributed by atoms with van der Waals surface area (Å²) in [6, 6.07) is 13.9. The number of nitrogens with one attached hydrogen (secondary N) is 1. The molecule has 1 amide bonds. The Morgan fingerprint density at radius 1 is 1.03 bits per heavy atom. The minimum Gasteiger partial charge on any atom is -0.323 e. The van der Waals surface area contributed by atoms with E-state index >= 15 is 0 Å². The second kappa shape index (κ2) is 9.94. The summed E-state index contributed by atoms with van der Waals surface area (Å²) in [6.45, 7) is 3.33. The molecule has 0 saturated carbocycles. The van der Waals surface area contributed by atoms with Gasteiger partial charge in [-0.1, -0.05) is 59.6 Å². The van der Waals surface area contributed by atoms with Crippen LogP contribution in [0.5, 0.6) is 0 Å². The molecule has 0 unspecified atom stereocenters. The molecule has 30 heavy (non-hydrogen) atoms. The van der Waals surface area contributed by atoms with Crippen LogP contribution in [0, 0.1) is 0 Å². The summed E-state index contributed by atoms with van der Waals surface area (Å²) >= 11 is 12.1. The average Bonchev–Trinajstić information content (AvgIpc) is 2.76. The summed E-state index contributed by atoms with van der Waals surface area (Å²) in [7, 11) is -3.52. The van der Waals surface area contributed by atoms with Gasteiger partial charge in [-0.2, -0.15) is 4.31 Å². The molecule has 2 aromatic carbocycles. The SMILES string of the molecule is C[C@@H](C(=O)Nc1cccc(Cl)c1Cl)N1CCN(S(=O)(=O)/C=C/c2ccccc2)CC1. The molecule has 0 spiro atoms. The molecule has 2 aromatic rings. The number of piperazine rings is 1. The van der Waals surface area contributed by atoms with Gasteiger partial charge in [0.2, 0.25) is 15.9 Å². The van der Waals surface area contributed by atoms with Gasteiger partial charge in [-0.05, 0) is 30.7 Å². The van der Waals surface area contributed by atoms with Gasteiger partial charge in [0.1, 0.15) is 0 Å². The van der Waals surface area contributed by atoms with Gasteiger partial charge >= 0.3 is 0 Å². The molecule has 1 saturated heterocycles. The van der Waals surface area contributed by atoms with Crippen molar-refractivity contribution < 1.29 is 13.2 Å². The molecular weight excluding hydrogens is 445 g/mol. The Labute approximate surface area is 187 Å². The van der Waals surface area contributed by atoms with E-state index in [0.717, 1.165) is 5.56 Å². The molecule has 0 bridgehead atoms. The van der Waals surface area contributed by atoms with Gasteiger partial charge < -0.3 is 5.32 Å². The highest BCUT2D eigenvalue weighted by Gasteiger charge is 2.30. The fraction of sp³-hybridized carbons (Fsp3) is 0.286. The molecule has 1 aliphatic heterocycles. The Morgan fingerprint density at radius 2 is 1.70 bits per heavy atom. The minimum absolute atomic E-state index is 0.223. The van der Waals surface area contributed by atoms with Crippen molar-refractivity contribution in [2.45, 2.75) is 13.0 Å². The van der Waals surface area contributed by atoms with E-state index < -0.39 is 16.1 Å². The third-order valence-electron chi connectivity index (χ3n) is 5.00. The van der Waals surface area contributed by atoms with Crippen molar-refractivity contribution in [3.8, 4) is 0 Å². The van der Waals surface area contributed by atoms with Crippen molar-refractivity contribution in [1.29, 1.82) is 0 Å². The maximum atomic E-state index is 12.6. The van der Waals surface area contributed by atoms with E-state index in [0.29, 0.717) is 41.9 Å². The van der Waals surface area contributed by atoms with Gasteiger partial charge in [0.15, 0.2) is 0 Å². The van der Waals surface area contributed by atoms with Crippen molar-refractivity contribution in [1.82, 2.24) is 9.21 Å². The summed E-state index contributed by atoms with van der Waals surface area (Å²) < 4.78 is 26.6. The Morgan fingerprint density at radius 3 is 2.37 bits per heavy atom. The van der Waals surface area contributed by atoms with E-state index in [9.17, 15) is 13.2 Å². The van der Waals surface area contributed by atoms with E-state index in [1.54, 1.807) is 31.2 Å². The molecule has 160 valence electrons. The molecular formula is C21H23Cl2N3O3S. The number of carbonyl (C=O) groups is 1. The van der Waals surface area contributed by atoms with Crippen molar-refractivity contribution >= 4 is 50.9 Å². The van der Waals surface area contributed by atoms with Crippen LogP contribution in [0.1, 0.15) is 12.5 Å². The summed E-state index contributed by atoms with van der Waals surface area (Å²) in [5, 5.41) is 4.68. The van der Waals surface area contributed by atoms with E-state index in [1.807, 2.05) is 35.2 Å². The van der Waals surface area contributed by atoms with Gasteiger partial charge in [0, 0.05) is 31.6 Å². The zero-order valence-corrected chi connectivity index (χ0v) is 18.8. The fourth-order valence-corrected chi connectivity index (χ4v) is 4.68. The van der Waals surface area contributed by atoms with Crippen molar-refractivity contribution in [2.75, 3.05) is 31.5 Å². The molecule has 1 atom stereocenters. The van der Waals surface area contributed by atoms with E-state index in [2.05, 4.69) is 5.32 Å². The second-order valence-corrected chi connectivity index (χ2v) is 9.56. The molecule has 9 heteroatoms. The number of carbonyl (C=O) groups excluding carboxylic acids is 1. The Balaban J connectivity index is 1.57. The van der Waals surface area contributed by atoms with Crippen LogP contribution in [-0.2, 0) is 14.8 Å². The highest BCUT2D eigenvalue weighted by molar-refractivity contribution is 7.92. The predicted octanol–water partition coefficient (Wildman–Crippen LogP) is 3.94. The van der Waals surface area contributed by atoms with Crippen molar-refractivity contribution in [3.63, 3.8) is 0 Å². The number of amides is 1. The Hall–Kier alpha value is -1.90. The normalized spacial score (nSPS) is 17.2. The molecule has 0 aromatic heterocycles. The Kier molecular flexibility index (Phi) is 7.55. The first-order valence-corrected chi connectivity index (χ1v) is 11.8. The maximum Gasteiger partial charge on any atom is 0.241 e. The monoisotopic (exact) mass is 467 g/mol. The number of halogens is 2. The summed E-state index contributed by atoms with van der Waals surface area (Å²) in [5.41, 5.74) is 1.28. The first kappa shape index (κ1) is 22.8. The molecule has 1 heterocycles. The topological polar surface area (TPSA) is 69.7 Å². The first-order valence-electron chi connectivity index (χ1n) is 9.50. The molecule has 6 nitrogen and oxygen atoms in total. The minimum atomic E-state index is -3.52. The number of nitrogens with zero attached hydrogens (tertiary/aromatic N) is 2. The van der Waals surface area contributed by atoms with Crippen LogP contribution in [0.3, 0.4) is 0 Å². The van der Waals surface area contributed by atoms with Crippen LogP contribution in [0.2, 0.25) is 10.0 Å². The second-order valence-electron chi connectivity index (χ2n) is 6.96. The summed E-state index contributed by atoms with van der Waals surface area (Å²) in [4.78, 5) is 14.6. The summed E-state index contributed by atoms with van der Waals surface area (Å²) in [5.74, 6) is -0.223. The number of sulfonamides is 1. The number of anilines is 1. The van der Waals surface area contributed by atoms with E-state index in [-0.39, 0.29) is 5.91 Å². The number of rotatable bonds is 6.